The highest BCUT2D eigenvalue weighted by molar-refractivity contribution is 5.93. The Bertz CT molecular complexity index is 1000. The van der Waals surface area contributed by atoms with Crippen LogP contribution in [0.2, 0.25) is 0 Å². The molecule has 4 nitrogen and oxygen atoms in total. The van der Waals surface area contributed by atoms with E-state index in [-0.39, 0.29) is 0 Å². The van der Waals surface area contributed by atoms with Crippen LogP contribution >= 0.6 is 0 Å². The van der Waals surface area contributed by atoms with E-state index in [1.54, 1.807) is 14.2 Å². The molecule has 0 spiro atoms. The van der Waals surface area contributed by atoms with E-state index in [0.717, 1.165) is 47.4 Å². The molecule has 2 heterocycles. The van der Waals surface area contributed by atoms with Crippen LogP contribution in [0.25, 0.3) is 22.6 Å². The van der Waals surface area contributed by atoms with Gasteiger partial charge in [-0.3, -0.25) is 0 Å². The van der Waals surface area contributed by atoms with Gasteiger partial charge in [-0.2, -0.15) is 0 Å². The first-order valence-corrected chi connectivity index (χ1v) is 9.66. The average Bonchev–Trinajstić information content (AvgIpc) is 3.22. The van der Waals surface area contributed by atoms with Crippen molar-refractivity contribution >= 4 is 22.6 Å². The summed E-state index contributed by atoms with van der Waals surface area (Å²) < 4.78 is 11.2. The molecule has 144 valence electrons. The molecule has 0 saturated carbocycles. The number of aromatic amines is 1. The number of nitrogens with one attached hydrogen (secondary N) is 2. The Morgan fingerprint density at radius 2 is 1.96 bits per heavy atom. The highest BCUT2D eigenvalue weighted by Gasteiger charge is 2.16. The molecule has 0 aliphatic carbocycles. The first-order valence-electron chi connectivity index (χ1n) is 9.66. The normalized spacial score (nSPS) is 17.1. The molecular formula is C24H26N2O2. The zero-order valence-corrected chi connectivity index (χ0v) is 16.4. The monoisotopic (exact) mass is 374 g/mol. The van der Waals surface area contributed by atoms with Crippen LogP contribution in [0, 0.1) is 0 Å². The standard InChI is InChI=1S/C24H26N2O2/c1-27-23-16-22-20(12-14-26-22)21(24(23)28-2)10-6-9-19-15-18(11-13-25-19)17-7-4-3-5-8-17/h3-8,10-12,14,16,19,25-26H,9,13,15H2,1-2H3. The Labute approximate surface area is 165 Å². The van der Waals surface area contributed by atoms with Crippen molar-refractivity contribution in [3.8, 4) is 11.5 Å². The summed E-state index contributed by atoms with van der Waals surface area (Å²) >= 11 is 0. The fourth-order valence-electron chi connectivity index (χ4n) is 3.89. The molecule has 3 aromatic rings. The molecule has 0 radical (unpaired) electrons. The van der Waals surface area contributed by atoms with Gasteiger partial charge < -0.3 is 19.8 Å². The average molecular weight is 374 g/mol. The summed E-state index contributed by atoms with van der Waals surface area (Å²) in [5.41, 5.74) is 4.83. The lowest BCUT2D eigenvalue weighted by atomic mass is 9.93. The van der Waals surface area contributed by atoms with Gasteiger partial charge in [-0.25, -0.2) is 0 Å². The number of hydrogen-bond donors (Lipinski definition) is 2. The van der Waals surface area contributed by atoms with Crippen LogP contribution in [0.4, 0.5) is 0 Å². The van der Waals surface area contributed by atoms with Gasteiger partial charge in [0.25, 0.3) is 0 Å². The van der Waals surface area contributed by atoms with Gasteiger partial charge >= 0.3 is 0 Å². The number of hydrogen-bond acceptors (Lipinski definition) is 3. The second-order valence-corrected chi connectivity index (χ2v) is 7.01. The summed E-state index contributed by atoms with van der Waals surface area (Å²) in [6.45, 7) is 0.910. The van der Waals surface area contributed by atoms with E-state index in [9.17, 15) is 0 Å². The Kier molecular flexibility index (Phi) is 5.49. The fraction of sp³-hybridized carbons (Fsp3) is 0.250. The van der Waals surface area contributed by atoms with Gasteiger partial charge in [0.05, 0.1) is 14.2 Å². The molecule has 0 amide bonds. The van der Waals surface area contributed by atoms with Gasteiger partial charge in [-0.1, -0.05) is 48.6 Å². The topological polar surface area (TPSA) is 46.3 Å². The zero-order chi connectivity index (χ0) is 19.3. The molecule has 2 N–H and O–H groups in total. The van der Waals surface area contributed by atoms with Crippen LogP contribution in [0.1, 0.15) is 24.0 Å². The molecule has 1 unspecified atom stereocenters. The van der Waals surface area contributed by atoms with Crippen molar-refractivity contribution in [3.05, 3.63) is 71.9 Å². The maximum absolute atomic E-state index is 5.65. The highest BCUT2D eigenvalue weighted by atomic mass is 16.5. The number of fused-ring (bicyclic) bond motifs is 1. The highest BCUT2D eigenvalue weighted by Crippen LogP contribution is 2.38. The van der Waals surface area contributed by atoms with Crippen LogP contribution in [0.3, 0.4) is 0 Å². The third-order valence-electron chi connectivity index (χ3n) is 5.31. The molecule has 1 aromatic heterocycles. The SMILES string of the molecule is COc1cc2[nH]ccc2c(C=CCC2CC(c3ccccc3)=CCN2)c1OC. The van der Waals surface area contributed by atoms with Gasteiger partial charge in [-0.05, 0) is 30.0 Å². The molecule has 1 aliphatic heterocycles. The Balaban J connectivity index is 1.53. The summed E-state index contributed by atoms with van der Waals surface area (Å²) in [6.07, 6.45) is 10.6. The number of ether oxygens (including phenoxy) is 2. The number of benzene rings is 2. The Morgan fingerprint density at radius 3 is 2.75 bits per heavy atom. The van der Waals surface area contributed by atoms with E-state index in [1.807, 2.05) is 12.3 Å². The lowest BCUT2D eigenvalue weighted by Gasteiger charge is -2.23. The first kappa shape index (κ1) is 18.4. The minimum absolute atomic E-state index is 0.426. The Hall–Kier alpha value is -2.98. The molecule has 1 atom stereocenters. The van der Waals surface area contributed by atoms with Crippen molar-refractivity contribution in [1.29, 1.82) is 0 Å². The summed E-state index contributed by atoms with van der Waals surface area (Å²) in [6, 6.07) is 15.1. The number of aromatic nitrogens is 1. The number of methoxy groups -OCH3 is 2. The molecular weight excluding hydrogens is 348 g/mol. The van der Waals surface area contributed by atoms with Crippen LogP contribution in [-0.2, 0) is 0 Å². The summed E-state index contributed by atoms with van der Waals surface area (Å²) in [7, 11) is 3.36. The van der Waals surface area contributed by atoms with Crippen molar-refractivity contribution in [2.75, 3.05) is 20.8 Å². The smallest absolute Gasteiger partial charge is 0.168 e. The Morgan fingerprint density at radius 1 is 1.11 bits per heavy atom. The molecule has 1 aliphatic rings. The minimum Gasteiger partial charge on any atom is -0.493 e. The van der Waals surface area contributed by atoms with Crippen LogP contribution in [0.5, 0.6) is 11.5 Å². The predicted molar refractivity (Wildman–Crippen MR) is 116 cm³/mol. The maximum atomic E-state index is 5.65. The third-order valence-corrected chi connectivity index (χ3v) is 5.31. The van der Waals surface area contributed by atoms with E-state index in [1.165, 1.54) is 11.1 Å². The molecule has 28 heavy (non-hydrogen) atoms. The van der Waals surface area contributed by atoms with E-state index in [0.29, 0.717) is 6.04 Å². The minimum atomic E-state index is 0.426. The maximum Gasteiger partial charge on any atom is 0.168 e. The van der Waals surface area contributed by atoms with Gasteiger partial charge in [0, 0.05) is 41.3 Å². The summed E-state index contributed by atoms with van der Waals surface area (Å²) in [5, 5.41) is 4.73. The van der Waals surface area contributed by atoms with Gasteiger partial charge in [-0.15, -0.1) is 0 Å². The molecule has 0 bridgehead atoms. The van der Waals surface area contributed by atoms with Crippen molar-refractivity contribution in [2.24, 2.45) is 0 Å². The van der Waals surface area contributed by atoms with Crippen molar-refractivity contribution in [2.45, 2.75) is 18.9 Å². The molecule has 0 saturated heterocycles. The van der Waals surface area contributed by atoms with Gasteiger partial charge in [0.15, 0.2) is 11.5 Å². The van der Waals surface area contributed by atoms with Crippen molar-refractivity contribution in [3.63, 3.8) is 0 Å². The van der Waals surface area contributed by atoms with Crippen LogP contribution < -0.4 is 14.8 Å². The van der Waals surface area contributed by atoms with Gasteiger partial charge in [0.2, 0.25) is 0 Å². The predicted octanol–water partition coefficient (Wildman–Crippen LogP) is 5.03. The van der Waals surface area contributed by atoms with E-state index in [2.05, 4.69) is 64.9 Å². The van der Waals surface area contributed by atoms with E-state index in [4.69, 9.17) is 9.47 Å². The fourth-order valence-corrected chi connectivity index (χ4v) is 3.89. The quantitative estimate of drug-likeness (QED) is 0.636. The first-order chi connectivity index (χ1) is 13.8. The third kappa shape index (κ3) is 3.69. The van der Waals surface area contributed by atoms with Crippen LogP contribution in [0.15, 0.2) is 60.8 Å². The summed E-state index contributed by atoms with van der Waals surface area (Å²) in [5.74, 6) is 1.51. The second-order valence-electron chi connectivity index (χ2n) is 7.01. The molecule has 4 heteroatoms. The number of H-pyrrole nitrogens is 1. The molecule has 0 fully saturated rings. The van der Waals surface area contributed by atoms with Crippen LogP contribution in [-0.4, -0.2) is 31.8 Å². The van der Waals surface area contributed by atoms with Gasteiger partial charge in [0.1, 0.15) is 0 Å². The molecule has 4 rings (SSSR count). The summed E-state index contributed by atoms with van der Waals surface area (Å²) in [4.78, 5) is 3.26. The lowest BCUT2D eigenvalue weighted by Crippen LogP contribution is -2.32. The van der Waals surface area contributed by atoms with E-state index < -0.39 is 0 Å². The van der Waals surface area contributed by atoms with Crippen molar-refractivity contribution < 1.29 is 9.47 Å². The second kappa shape index (κ2) is 8.36. The largest absolute Gasteiger partial charge is 0.493 e. The lowest BCUT2D eigenvalue weighted by molar-refractivity contribution is 0.355. The van der Waals surface area contributed by atoms with E-state index >= 15 is 0 Å². The zero-order valence-electron chi connectivity index (χ0n) is 16.4. The van der Waals surface area contributed by atoms with Crippen molar-refractivity contribution in [1.82, 2.24) is 10.3 Å². The molecule has 2 aromatic carbocycles. The number of rotatable bonds is 6.